The van der Waals surface area contributed by atoms with Crippen LogP contribution in [0.3, 0.4) is 0 Å². The molecule has 0 spiro atoms. The minimum Gasteiger partial charge on any atom is -0.497 e. The SMILES string of the molecule is COc1cccc(SCC(=O)NCc2n[nH]c(=S)n2C)c1. The summed E-state index contributed by atoms with van der Waals surface area (Å²) in [5.41, 5.74) is 0. The van der Waals surface area contributed by atoms with Gasteiger partial charge < -0.3 is 14.6 Å². The number of benzene rings is 1. The fourth-order valence-corrected chi connectivity index (χ4v) is 2.53. The first-order chi connectivity index (χ1) is 10.1. The molecule has 0 aliphatic rings. The van der Waals surface area contributed by atoms with Crippen LogP contribution in [0.4, 0.5) is 0 Å². The number of hydrogen-bond donors (Lipinski definition) is 2. The number of aromatic nitrogens is 3. The van der Waals surface area contributed by atoms with Gasteiger partial charge in [-0.2, -0.15) is 5.10 Å². The monoisotopic (exact) mass is 324 g/mol. The van der Waals surface area contributed by atoms with Gasteiger partial charge in [0.2, 0.25) is 5.91 Å². The molecular formula is C13H16N4O2S2. The number of H-pyrrole nitrogens is 1. The third-order valence-corrected chi connectivity index (χ3v) is 4.19. The molecule has 0 saturated heterocycles. The lowest BCUT2D eigenvalue weighted by Crippen LogP contribution is -2.26. The number of nitrogens with zero attached hydrogens (tertiary/aromatic N) is 2. The number of ether oxygens (including phenoxy) is 1. The molecule has 0 unspecified atom stereocenters. The van der Waals surface area contributed by atoms with Gasteiger partial charge in [-0.05, 0) is 30.4 Å². The van der Waals surface area contributed by atoms with Gasteiger partial charge in [-0.25, -0.2) is 0 Å². The van der Waals surface area contributed by atoms with Crippen LogP contribution in [0.2, 0.25) is 0 Å². The first kappa shape index (κ1) is 15.6. The Morgan fingerprint density at radius 1 is 1.57 bits per heavy atom. The molecule has 21 heavy (non-hydrogen) atoms. The van der Waals surface area contributed by atoms with Crippen LogP contribution in [0, 0.1) is 4.77 Å². The molecule has 2 rings (SSSR count). The van der Waals surface area contributed by atoms with Gasteiger partial charge in [0.15, 0.2) is 10.6 Å². The Labute approximate surface area is 131 Å². The van der Waals surface area contributed by atoms with Crippen molar-refractivity contribution < 1.29 is 9.53 Å². The van der Waals surface area contributed by atoms with Gasteiger partial charge in [0.05, 0.1) is 19.4 Å². The minimum atomic E-state index is -0.0586. The minimum absolute atomic E-state index is 0.0586. The van der Waals surface area contributed by atoms with E-state index in [2.05, 4.69) is 15.5 Å². The second kappa shape index (κ2) is 7.28. The normalized spacial score (nSPS) is 10.4. The number of hydrogen-bond acceptors (Lipinski definition) is 5. The summed E-state index contributed by atoms with van der Waals surface area (Å²) in [4.78, 5) is 12.8. The number of methoxy groups -OCH3 is 1. The average molecular weight is 324 g/mol. The zero-order valence-electron chi connectivity index (χ0n) is 11.8. The number of carbonyl (C=O) groups excluding carboxylic acids is 1. The van der Waals surface area contributed by atoms with Crippen LogP contribution in [0.5, 0.6) is 5.75 Å². The van der Waals surface area contributed by atoms with Crippen molar-refractivity contribution >= 4 is 29.9 Å². The van der Waals surface area contributed by atoms with Gasteiger partial charge in [0, 0.05) is 11.9 Å². The summed E-state index contributed by atoms with van der Waals surface area (Å²) in [6.07, 6.45) is 0. The largest absolute Gasteiger partial charge is 0.497 e. The lowest BCUT2D eigenvalue weighted by atomic mass is 10.3. The van der Waals surface area contributed by atoms with Crippen LogP contribution in [-0.4, -0.2) is 33.5 Å². The molecule has 0 fully saturated rings. The van der Waals surface area contributed by atoms with Crippen molar-refractivity contribution in [3.63, 3.8) is 0 Å². The van der Waals surface area contributed by atoms with E-state index in [-0.39, 0.29) is 5.91 Å². The molecule has 1 aromatic carbocycles. The molecule has 0 radical (unpaired) electrons. The van der Waals surface area contributed by atoms with E-state index >= 15 is 0 Å². The van der Waals surface area contributed by atoms with Crippen LogP contribution >= 0.6 is 24.0 Å². The van der Waals surface area contributed by atoms with Gasteiger partial charge in [-0.3, -0.25) is 9.89 Å². The molecule has 1 aromatic heterocycles. The third-order valence-electron chi connectivity index (χ3n) is 2.83. The first-order valence-corrected chi connectivity index (χ1v) is 7.63. The molecule has 0 aliphatic heterocycles. The van der Waals surface area contributed by atoms with E-state index in [4.69, 9.17) is 17.0 Å². The predicted octanol–water partition coefficient (Wildman–Crippen LogP) is 1.89. The van der Waals surface area contributed by atoms with Gasteiger partial charge in [0.25, 0.3) is 0 Å². The maximum atomic E-state index is 11.8. The molecule has 8 heteroatoms. The Bertz CT molecular complexity index is 681. The summed E-state index contributed by atoms with van der Waals surface area (Å²) in [7, 11) is 3.42. The highest BCUT2D eigenvalue weighted by Crippen LogP contribution is 2.22. The molecule has 6 nitrogen and oxygen atoms in total. The van der Waals surface area contributed by atoms with Crippen LogP contribution in [0.15, 0.2) is 29.2 Å². The van der Waals surface area contributed by atoms with Crippen molar-refractivity contribution in [1.82, 2.24) is 20.1 Å². The summed E-state index contributed by atoms with van der Waals surface area (Å²) >= 11 is 6.46. The summed E-state index contributed by atoms with van der Waals surface area (Å²) in [5.74, 6) is 1.75. The van der Waals surface area contributed by atoms with Crippen molar-refractivity contribution in [3.05, 3.63) is 34.9 Å². The second-order valence-electron chi connectivity index (χ2n) is 4.25. The quantitative estimate of drug-likeness (QED) is 0.627. The highest BCUT2D eigenvalue weighted by Gasteiger charge is 2.06. The van der Waals surface area contributed by atoms with Crippen LogP contribution in [0.25, 0.3) is 0 Å². The fourth-order valence-electron chi connectivity index (χ4n) is 1.61. The van der Waals surface area contributed by atoms with E-state index in [1.807, 2.05) is 24.3 Å². The van der Waals surface area contributed by atoms with E-state index in [0.717, 1.165) is 10.6 Å². The highest BCUT2D eigenvalue weighted by molar-refractivity contribution is 8.00. The van der Waals surface area contributed by atoms with Crippen LogP contribution in [-0.2, 0) is 18.4 Å². The summed E-state index contributed by atoms with van der Waals surface area (Å²) in [6.45, 7) is 0.348. The maximum absolute atomic E-state index is 11.8. The Morgan fingerprint density at radius 2 is 2.38 bits per heavy atom. The topological polar surface area (TPSA) is 71.9 Å². The molecule has 112 valence electrons. The number of aromatic amines is 1. The van der Waals surface area contributed by atoms with Crippen LogP contribution in [0.1, 0.15) is 5.82 Å². The molecule has 2 N–H and O–H groups in total. The first-order valence-electron chi connectivity index (χ1n) is 6.24. The van der Waals surface area contributed by atoms with Gasteiger partial charge in [0.1, 0.15) is 5.75 Å². The van der Waals surface area contributed by atoms with Gasteiger partial charge >= 0.3 is 0 Å². The average Bonchev–Trinajstić information content (AvgIpc) is 2.83. The van der Waals surface area contributed by atoms with E-state index in [1.54, 1.807) is 18.7 Å². The molecule has 1 heterocycles. The highest BCUT2D eigenvalue weighted by atomic mass is 32.2. The van der Waals surface area contributed by atoms with E-state index < -0.39 is 0 Å². The Hall–Kier alpha value is -1.80. The molecular weight excluding hydrogens is 308 g/mol. The molecule has 1 amide bonds. The smallest absolute Gasteiger partial charge is 0.230 e. The second-order valence-corrected chi connectivity index (χ2v) is 5.68. The third kappa shape index (κ3) is 4.33. The molecule has 0 saturated carbocycles. The van der Waals surface area contributed by atoms with Crippen molar-refractivity contribution in [2.75, 3.05) is 12.9 Å². The molecule has 0 aliphatic carbocycles. The number of rotatable bonds is 6. The van der Waals surface area contributed by atoms with Crippen molar-refractivity contribution in [3.8, 4) is 5.75 Å². The lowest BCUT2D eigenvalue weighted by Gasteiger charge is -2.06. The maximum Gasteiger partial charge on any atom is 0.230 e. The van der Waals surface area contributed by atoms with Gasteiger partial charge in [-0.1, -0.05) is 6.07 Å². The predicted molar refractivity (Wildman–Crippen MR) is 84.0 cm³/mol. The van der Waals surface area contributed by atoms with E-state index in [9.17, 15) is 4.79 Å². The van der Waals surface area contributed by atoms with Gasteiger partial charge in [-0.15, -0.1) is 11.8 Å². The molecule has 2 aromatic rings. The number of amides is 1. The zero-order valence-corrected chi connectivity index (χ0v) is 13.4. The summed E-state index contributed by atoms with van der Waals surface area (Å²) in [6, 6.07) is 7.61. The summed E-state index contributed by atoms with van der Waals surface area (Å²) in [5, 5.41) is 9.52. The van der Waals surface area contributed by atoms with Crippen LogP contribution < -0.4 is 10.1 Å². The lowest BCUT2D eigenvalue weighted by molar-refractivity contribution is -0.118. The van der Waals surface area contributed by atoms with E-state index in [0.29, 0.717) is 22.9 Å². The number of thioether (sulfide) groups is 1. The standard InChI is InChI=1S/C13H16N4O2S2/c1-17-11(15-16-13(17)20)7-14-12(18)8-21-10-5-3-4-9(6-10)19-2/h3-6H,7-8H2,1-2H3,(H,14,18)(H,16,20). The Morgan fingerprint density at radius 3 is 3.05 bits per heavy atom. The molecule has 0 atom stereocenters. The number of carbonyl (C=O) groups is 1. The van der Waals surface area contributed by atoms with Crippen molar-refractivity contribution in [1.29, 1.82) is 0 Å². The number of nitrogens with one attached hydrogen (secondary N) is 2. The van der Waals surface area contributed by atoms with Crippen molar-refractivity contribution in [2.24, 2.45) is 7.05 Å². The molecule has 0 bridgehead atoms. The Balaban J connectivity index is 1.82. The fraction of sp³-hybridized carbons (Fsp3) is 0.308. The zero-order chi connectivity index (χ0) is 15.2. The summed E-state index contributed by atoms with van der Waals surface area (Å²) < 4.78 is 7.40. The van der Waals surface area contributed by atoms with Crippen molar-refractivity contribution in [2.45, 2.75) is 11.4 Å². The Kier molecular flexibility index (Phi) is 5.40. The van der Waals surface area contributed by atoms with E-state index in [1.165, 1.54) is 11.8 Å².